The van der Waals surface area contributed by atoms with Gasteiger partial charge >= 0.3 is 0 Å². The van der Waals surface area contributed by atoms with E-state index in [9.17, 15) is 0 Å². The molecule has 0 aliphatic heterocycles. The summed E-state index contributed by atoms with van der Waals surface area (Å²) in [5.41, 5.74) is 7.56. The first-order valence-corrected chi connectivity index (χ1v) is 9.12. The van der Waals surface area contributed by atoms with Gasteiger partial charge in [-0.15, -0.1) is 0 Å². The molecule has 4 atom stereocenters. The molecule has 2 rings (SSSR count). The van der Waals surface area contributed by atoms with Crippen LogP contribution in [0.25, 0.3) is 0 Å². The van der Waals surface area contributed by atoms with Crippen molar-refractivity contribution in [2.75, 3.05) is 0 Å². The molecule has 0 saturated heterocycles. The molecule has 0 heterocycles. The molecule has 0 spiro atoms. The first kappa shape index (κ1) is 17.0. The highest BCUT2D eigenvalue weighted by Crippen LogP contribution is 2.36. The van der Waals surface area contributed by atoms with Gasteiger partial charge in [0.25, 0.3) is 0 Å². The van der Waals surface area contributed by atoms with E-state index in [1.165, 1.54) is 37.7 Å². The summed E-state index contributed by atoms with van der Waals surface area (Å²) in [6.07, 6.45) is 7.58. The highest BCUT2D eigenvalue weighted by molar-refractivity contribution is 9.10. The molecule has 1 saturated carbocycles. The highest BCUT2D eigenvalue weighted by Gasteiger charge is 2.30. The van der Waals surface area contributed by atoms with Gasteiger partial charge in [0, 0.05) is 10.5 Å². The van der Waals surface area contributed by atoms with Crippen LogP contribution in [0.1, 0.15) is 64.0 Å². The van der Waals surface area contributed by atoms with Gasteiger partial charge in [0.15, 0.2) is 0 Å². The fourth-order valence-corrected chi connectivity index (χ4v) is 3.84. The quantitative estimate of drug-likeness (QED) is 0.761. The monoisotopic (exact) mass is 353 g/mol. The summed E-state index contributed by atoms with van der Waals surface area (Å²) in [5.74, 6) is 0.688. The Bertz CT molecular complexity index is 437. The van der Waals surface area contributed by atoms with Crippen molar-refractivity contribution < 1.29 is 4.74 Å². The number of hydrogen-bond acceptors (Lipinski definition) is 2. The van der Waals surface area contributed by atoms with Gasteiger partial charge in [-0.2, -0.15) is 0 Å². The maximum absolute atomic E-state index is 6.56. The molecule has 1 aromatic rings. The zero-order valence-electron chi connectivity index (χ0n) is 13.2. The van der Waals surface area contributed by atoms with Crippen LogP contribution in [0.5, 0.6) is 0 Å². The second kappa shape index (κ2) is 8.30. The van der Waals surface area contributed by atoms with Crippen molar-refractivity contribution in [1.29, 1.82) is 0 Å². The van der Waals surface area contributed by atoms with E-state index in [1.54, 1.807) is 0 Å². The summed E-state index contributed by atoms with van der Waals surface area (Å²) in [4.78, 5) is 0. The van der Waals surface area contributed by atoms with E-state index in [0.29, 0.717) is 12.0 Å². The fourth-order valence-electron chi connectivity index (χ4n) is 3.33. The number of hydrogen-bond donors (Lipinski definition) is 1. The van der Waals surface area contributed by atoms with Crippen LogP contribution in [0.15, 0.2) is 28.7 Å². The minimum atomic E-state index is -0.0114. The largest absolute Gasteiger partial charge is 0.368 e. The number of nitrogens with two attached hydrogens (primary N) is 1. The Hall–Kier alpha value is -0.380. The van der Waals surface area contributed by atoms with Crippen molar-refractivity contribution in [3.8, 4) is 0 Å². The molecule has 0 radical (unpaired) electrons. The molecular weight excluding hydrogens is 326 g/mol. The van der Waals surface area contributed by atoms with Gasteiger partial charge in [-0.25, -0.2) is 0 Å². The van der Waals surface area contributed by atoms with Crippen LogP contribution >= 0.6 is 15.9 Å². The molecule has 2 N–H and O–H groups in total. The van der Waals surface area contributed by atoms with E-state index in [1.807, 2.05) is 6.07 Å². The van der Waals surface area contributed by atoms with Crippen molar-refractivity contribution in [1.82, 2.24) is 0 Å². The van der Waals surface area contributed by atoms with Gasteiger partial charge in [-0.3, -0.25) is 0 Å². The van der Waals surface area contributed by atoms with Crippen molar-refractivity contribution in [3.63, 3.8) is 0 Å². The molecule has 1 fully saturated rings. The van der Waals surface area contributed by atoms with Crippen LogP contribution in [-0.2, 0) is 4.74 Å². The maximum atomic E-state index is 6.56. The highest BCUT2D eigenvalue weighted by atomic mass is 79.9. The van der Waals surface area contributed by atoms with E-state index in [-0.39, 0.29) is 12.1 Å². The first-order valence-electron chi connectivity index (χ1n) is 8.32. The Morgan fingerprint density at radius 3 is 2.62 bits per heavy atom. The molecule has 118 valence electrons. The predicted octanol–water partition coefficient (Wildman–Crippen LogP) is 5.21. The third-order valence-electron chi connectivity index (χ3n) is 4.76. The maximum Gasteiger partial charge on any atom is 0.0990 e. The smallest absolute Gasteiger partial charge is 0.0990 e. The normalized spacial score (nSPS) is 25.5. The zero-order valence-corrected chi connectivity index (χ0v) is 14.8. The van der Waals surface area contributed by atoms with Gasteiger partial charge in [0.05, 0.1) is 12.2 Å². The lowest BCUT2D eigenvalue weighted by molar-refractivity contribution is -0.0727. The minimum Gasteiger partial charge on any atom is -0.368 e. The molecule has 4 unspecified atom stereocenters. The van der Waals surface area contributed by atoms with Crippen LogP contribution in [-0.4, -0.2) is 12.1 Å². The van der Waals surface area contributed by atoms with Crippen LogP contribution in [0.2, 0.25) is 0 Å². The molecule has 1 aromatic carbocycles. The van der Waals surface area contributed by atoms with Crippen LogP contribution in [0.4, 0.5) is 0 Å². The summed E-state index contributed by atoms with van der Waals surface area (Å²) >= 11 is 3.66. The van der Waals surface area contributed by atoms with Crippen LogP contribution in [0, 0.1) is 5.92 Å². The molecule has 2 nitrogen and oxygen atoms in total. The Kier molecular flexibility index (Phi) is 6.72. The Labute approximate surface area is 137 Å². The molecule has 21 heavy (non-hydrogen) atoms. The lowest BCUT2D eigenvalue weighted by Crippen LogP contribution is -2.36. The lowest BCUT2D eigenvalue weighted by atomic mass is 9.84. The van der Waals surface area contributed by atoms with Gasteiger partial charge in [-0.05, 0) is 36.8 Å². The average Bonchev–Trinajstić information content (AvgIpc) is 2.53. The van der Waals surface area contributed by atoms with E-state index in [0.717, 1.165) is 10.9 Å². The Morgan fingerprint density at radius 2 is 1.95 bits per heavy atom. The second-order valence-corrected chi connectivity index (χ2v) is 7.00. The molecule has 1 aliphatic carbocycles. The van der Waals surface area contributed by atoms with Crippen LogP contribution in [0.3, 0.4) is 0 Å². The van der Waals surface area contributed by atoms with Crippen molar-refractivity contribution in [2.45, 2.75) is 70.6 Å². The topological polar surface area (TPSA) is 35.2 Å². The molecule has 0 bridgehead atoms. The van der Waals surface area contributed by atoms with Gasteiger partial charge in [-0.1, -0.05) is 67.2 Å². The van der Waals surface area contributed by atoms with E-state index in [2.05, 4.69) is 48.0 Å². The molecular formula is C18H28BrNO. The average molecular weight is 354 g/mol. The molecule has 0 aromatic heterocycles. The number of halogens is 1. The second-order valence-electron chi connectivity index (χ2n) is 6.14. The third-order valence-corrected chi connectivity index (χ3v) is 5.48. The van der Waals surface area contributed by atoms with E-state index < -0.39 is 0 Å². The van der Waals surface area contributed by atoms with Crippen molar-refractivity contribution in [3.05, 3.63) is 34.3 Å². The minimum absolute atomic E-state index is 0.0114. The van der Waals surface area contributed by atoms with Crippen molar-refractivity contribution in [2.24, 2.45) is 11.7 Å². The van der Waals surface area contributed by atoms with Gasteiger partial charge in [0.2, 0.25) is 0 Å². The zero-order chi connectivity index (χ0) is 15.2. The number of benzene rings is 1. The first-order chi connectivity index (χ1) is 10.2. The van der Waals surface area contributed by atoms with E-state index in [4.69, 9.17) is 10.5 Å². The Balaban J connectivity index is 2.18. The standard InChI is InChI=1S/C18H28BrNO/c1-3-13-9-5-8-12-17(13)21-18(16(20)4-2)14-10-6-7-11-15(14)19/h6-7,10-11,13,16-18H,3-5,8-9,12,20H2,1-2H3. The molecule has 1 aliphatic rings. The summed E-state index contributed by atoms with van der Waals surface area (Å²) in [6, 6.07) is 8.36. The summed E-state index contributed by atoms with van der Waals surface area (Å²) < 4.78 is 7.66. The molecule has 0 amide bonds. The summed E-state index contributed by atoms with van der Waals surface area (Å²) in [6.45, 7) is 4.41. The third kappa shape index (κ3) is 4.30. The number of rotatable bonds is 6. The predicted molar refractivity (Wildman–Crippen MR) is 92.3 cm³/mol. The summed E-state index contributed by atoms with van der Waals surface area (Å²) in [5, 5.41) is 0. The fraction of sp³-hybridized carbons (Fsp3) is 0.667. The van der Waals surface area contributed by atoms with E-state index >= 15 is 0 Å². The van der Waals surface area contributed by atoms with Crippen molar-refractivity contribution >= 4 is 15.9 Å². The number of ether oxygens (including phenoxy) is 1. The molecule has 3 heteroatoms. The van der Waals surface area contributed by atoms with Crippen LogP contribution < -0.4 is 5.73 Å². The van der Waals surface area contributed by atoms with Gasteiger partial charge in [0.1, 0.15) is 0 Å². The van der Waals surface area contributed by atoms with Gasteiger partial charge < -0.3 is 10.5 Å². The SMILES string of the molecule is CCC(N)C(OC1CCCCC1CC)c1ccccc1Br. The summed E-state index contributed by atoms with van der Waals surface area (Å²) in [7, 11) is 0. The lowest BCUT2D eigenvalue weighted by Gasteiger charge is -2.36. The Morgan fingerprint density at radius 1 is 1.24 bits per heavy atom.